The van der Waals surface area contributed by atoms with Crippen molar-refractivity contribution in [3.8, 4) is 11.5 Å². The van der Waals surface area contributed by atoms with E-state index in [1.54, 1.807) is 14.2 Å². The molecule has 1 N–H and O–H groups in total. The van der Waals surface area contributed by atoms with E-state index in [-0.39, 0.29) is 6.03 Å². The summed E-state index contributed by atoms with van der Waals surface area (Å²) in [5, 5.41) is 3.03. The van der Waals surface area contributed by atoms with Gasteiger partial charge in [-0.2, -0.15) is 0 Å². The van der Waals surface area contributed by atoms with Gasteiger partial charge in [0.05, 0.1) is 14.2 Å². The predicted octanol–water partition coefficient (Wildman–Crippen LogP) is 3.32. The minimum absolute atomic E-state index is 0.0157. The van der Waals surface area contributed by atoms with Crippen molar-refractivity contribution in [3.05, 3.63) is 58.7 Å². The molecule has 0 spiro atoms. The van der Waals surface area contributed by atoms with Crippen LogP contribution < -0.4 is 14.8 Å². The lowest BCUT2D eigenvalue weighted by Gasteiger charge is -2.29. The molecule has 2 aromatic carbocycles. The van der Waals surface area contributed by atoms with Crippen molar-refractivity contribution < 1.29 is 14.3 Å². The summed E-state index contributed by atoms with van der Waals surface area (Å²) in [4.78, 5) is 14.4. The van der Waals surface area contributed by atoms with Gasteiger partial charge in [0.1, 0.15) is 0 Å². The van der Waals surface area contributed by atoms with Crippen LogP contribution in [0.2, 0.25) is 0 Å². The average molecular weight is 354 g/mol. The molecule has 26 heavy (non-hydrogen) atoms. The summed E-state index contributed by atoms with van der Waals surface area (Å²) in [5.41, 5.74) is 4.81. The maximum absolute atomic E-state index is 12.5. The van der Waals surface area contributed by atoms with Crippen LogP contribution in [0.15, 0.2) is 36.4 Å². The smallest absolute Gasteiger partial charge is 0.317 e. The second-order valence-electron chi connectivity index (χ2n) is 6.62. The SMILES string of the molecule is COc1cc2c(cc1OC)CN(C(=O)NCCc1cccc(C)c1)CC2. The highest BCUT2D eigenvalue weighted by Gasteiger charge is 2.22. The topological polar surface area (TPSA) is 50.8 Å². The molecule has 1 aliphatic heterocycles. The molecule has 0 aromatic heterocycles. The lowest BCUT2D eigenvalue weighted by molar-refractivity contribution is 0.192. The first kappa shape index (κ1) is 18.1. The van der Waals surface area contributed by atoms with Crippen molar-refractivity contribution in [2.75, 3.05) is 27.3 Å². The molecule has 0 saturated carbocycles. The van der Waals surface area contributed by atoms with Crippen LogP contribution in [0.5, 0.6) is 11.5 Å². The molecule has 0 radical (unpaired) electrons. The van der Waals surface area contributed by atoms with E-state index in [2.05, 4.69) is 36.5 Å². The summed E-state index contributed by atoms with van der Waals surface area (Å²) in [6, 6.07) is 12.4. The largest absolute Gasteiger partial charge is 0.493 e. The third kappa shape index (κ3) is 4.10. The van der Waals surface area contributed by atoms with Gasteiger partial charge >= 0.3 is 6.03 Å². The molecule has 1 heterocycles. The molecular formula is C21H26N2O3. The van der Waals surface area contributed by atoms with Gasteiger partial charge in [-0.25, -0.2) is 4.79 Å². The van der Waals surface area contributed by atoms with Crippen molar-refractivity contribution in [1.82, 2.24) is 10.2 Å². The van der Waals surface area contributed by atoms with E-state index in [1.807, 2.05) is 17.0 Å². The Bertz CT molecular complexity index is 789. The Morgan fingerprint density at radius 3 is 2.54 bits per heavy atom. The molecule has 0 unspecified atom stereocenters. The maximum Gasteiger partial charge on any atom is 0.317 e. The van der Waals surface area contributed by atoms with Gasteiger partial charge in [-0.3, -0.25) is 0 Å². The number of urea groups is 1. The molecule has 2 amide bonds. The van der Waals surface area contributed by atoms with Crippen LogP contribution in [-0.2, 0) is 19.4 Å². The van der Waals surface area contributed by atoms with E-state index in [4.69, 9.17) is 9.47 Å². The number of hydrogen-bond acceptors (Lipinski definition) is 3. The Hall–Kier alpha value is -2.69. The highest BCUT2D eigenvalue weighted by molar-refractivity contribution is 5.74. The molecule has 5 heteroatoms. The predicted molar refractivity (Wildman–Crippen MR) is 102 cm³/mol. The normalized spacial score (nSPS) is 13.1. The number of carbonyl (C=O) groups is 1. The van der Waals surface area contributed by atoms with Crippen molar-refractivity contribution >= 4 is 6.03 Å². The van der Waals surface area contributed by atoms with Crippen molar-refractivity contribution in [2.24, 2.45) is 0 Å². The molecule has 0 atom stereocenters. The summed E-state index contributed by atoms with van der Waals surface area (Å²) >= 11 is 0. The second kappa shape index (κ2) is 8.13. The van der Waals surface area contributed by atoms with Crippen molar-refractivity contribution in [1.29, 1.82) is 0 Å². The fourth-order valence-corrected chi connectivity index (χ4v) is 3.35. The molecule has 1 aliphatic rings. The standard InChI is InChI=1S/C21H26N2O3/c1-15-5-4-6-16(11-15)7-9-22-21(24)23-10-8-17-12-19(25-2)20(26-3)13-18(17)14-23/h4-6,11-13H,7-10,14H2,1-3H3,(H,22,24). The Labute approximate surface area is 154 Å². The first-order valence-electron chi connectivity index (χ1n) is 8.93. The number of hydrogen-bond donors (Lipinski definition) is 1. The van der Waals surface area contributed by atoms with Crippen LogP contribution in [-0.4, -0.2) is 38.2 Å². The van der Waals surface area contributed by atoms with Gasteiger partial charge in [0.15, 0.2) is 11.5 Å². The molecule has 5 nitrogen and oxygen atoms in total. The number of aryl methyl sites for hydroxylation is 1. The van der Waals surface area contributed by atoms with E-state index in [9.17, 15) is 4.79 Å². The minimum Gasteiger partial charge on any atom is -0.493 e. The zero-order chi connectivity index (χ0) is 18.5. The van der Waals surface area contributed by atoms with Gasteiger partial charge < -0.3 is 19.7 Å². The highest BCUT2D eigenvalue weighted by Crippen LogP contribution is 2.33. The van der Waals surface area contributed by atoms with E-state index < -0.39 is 0 Å². The minimum atomic E-state index is -0.0157. The van der Waals surface area contributed by atoms with E-state index in [1.165, 1.54) is 16.7 Å². The van der Waals surface area contributed by atoms with E-state index in [0.717, 1.165) is 24.2 Å². The van der Waals surface area contributed by atoms with Crippen molar-refractivity contribution in [2.45, 2.75) is 26.3 Å². The summed E-state index contributed by atoms with van der Waals surface area (Å²) < 4.78 is 10.7. The molecule has 2 aromatic rings. The lowest BCUT2D eigenvalue weighted by atomic mass is 9.99. The molecule has 0 bridgehead atoms. The quantitative estimate of drug-likeness (QED) is 0.896. The monoisotopic (exact) mass is 354 g/mol. The van der Waals surface area contributed by atoms with Crippen LogP contribution in [0.1, 0.15) is 22.3 Å². The number of rotatable bonds is 5. The average Bonchev–Trinajstić information content (AvgIpc) is 2.66. The molecule has 3 rings (SSSR count). The lowest BCUT2D eigenvalue weighted by Crippen LogP contribution is -2.43. The molecule has 138 valence electrons. The fourth-order valence-electron chi connectivity index (χ4n) is 3.35. The Kier molecular flexibility index (Phi) is 5.66. The zero-order valence-electron chi connectivity index (χ0n) is 15.7. The van der Waals surface area contributed by atoms with Crippen LogP contribution >= 0.6 is 0 Å². The number of methoxy groups -OCH3 is 2. The van der Waals surface area contributed by atoms with Gasteiger partial charge in [0, 0.05) is 19.6 Å². The van der Waals surface area contributed by atoms with E-state index >= 15 is 0 Å². The molecule has 0 fully saturated rings. The number of nitrogens with zero attached hydrogens (tertiary/aromatic N) is 1. The zero-order valence-corrected chi connectivity index (χ0v) is 15.7. The van der Waals surface area contributed by atoms with Gasteiger partial charge in [-0.15, -0.1) is 0 Å². The highest BCUT2D eigenvalue weighted by atomic mass is 16.5. The van der Waals surface area contributed by atoms with Gasteiger partial charge in [0.25, 0.3) is 0 Å². The van der Waals surface area contributed by atoms with Crippen LogP contribution in [0.3, 0.4) is 0 Å². The van der Waals surface area contributed by atoms with Crippen LogP contribution in [0.4, 0.5) is 4.79 Å². The summed E-state index contributed by atoms with van der Waals surface area (Å²) in [5.74, 6) is 1.44. The summed E-state index contributed by atoms with van der Waals surface area (Å²) in [6.45, 7) is 4.01. The first-order valence-corrected chi connectivity index (χ1v) is 8.93. The van der Waals surface area contributed by atoms with Crippen LogP contribution in [0, 0.1) is 6.92 Å². The second-order valence-corrected chi connectivity index (χ2v) is 6.62. The first-order chi connectivity index (χ1) is 12.6. The fraction of sp³-hybridized carbons (Fsp3) is 0.381. The number of amides is 2. The number of nitrogens with one attached hydrogen (secondary N) is 1. The Balaban J connectivity index is 1.58. The number of carbonyl (C=O) groups excluding carboxylic acids is 1. The van der Waals surface area contributed by atoms with E-state index in [0.29, 0.717) is 25.4 Å². The van der Waals surface area contributed by atoms with Gasteiger partial charge in [-0.05, 0) is 48.6 Å². The van der Waals surface area contributed by atoms with Gasteiger partial charge in [0.2, 0.25) is 0 Å². The summed E-state index contributed by atoms with van der Waals surface area (Å²) in [6.07, 6.45) is 1.66. The Morgan fingerprint density at radius 2 is 1.85 bits per heavy atom. The third-order valence-corrected chi connectivity index (χ3v) is 4.78. The number of ether oxygens (including phenoxy) is 2. The molecule has 0 aliphatic carbocycles. The maximum atomic E-state index is 12.5. The number of fused-ring (bicyclic) bond motifs is 1. The molecular weight excluding hydrogens is 328 g/mol. The number of benzene rings is 2. The van der Waals surface area contributed by atoms with Crippen molar-refractivity contribution in [3.63, 3.8) is 0 Å². The summed E-state index contributed by atoms with van der Waals surface area (Å²) in [7, 11) is 3.27. The van der Waals surface area contributed by atoms with Gasteiger partial charge in [-0.1, -0.05) is 29.8 Å². The molecule has 0 saturated heterocycles. The Morgan fingerprint density at radius 1 is 1.12 bits per heavy atom. The third-order valence-electron chi connectivity index (χ3n) is 4.78. The van der Waals surface area contributed by atoms with Crippen LogP contribution in [0.25, 0.3) is 0 Å².